The predicted molar refractivity (Wildman–Crippen MR) is 135 cm³/mol. The van der Waals surface area contributed by atoms with Crippen LogP contribution in [0.25, 0.3) is 5.69 Å². The lowest BCUT2D eigenvalue weighted by atomic mass is 10.2. The maximum Gasteiger partial charge on any atom is 0.253 e. The van der Waals surface area contributed by atoms with Gasteiger partial charge in [0, 0.05) is 15.6 Å². The van der Waals surface area contributed by atoms with Crippen molar-refractivity contribution >= 4 is 58.3 Å². The SMILES string of the molecule is O=C(CSc1nnc(CNC(=O)c2cc(Cl)ccc2Cl)n1-c1cccc(Cl)c1)c1ccccc1. The molecule has 6 nitrogen and oxygen atoms in total. The number of rotatable bonds is 8. The molecule has 0 saturated carbocycles. The molecule has 0 unspecified atom stereocenters. The van der Waals surface area contributed by atoms with Crippen molar-refractivity contribution in [3.8, 4) is 5.69 Å². The van der Waals surface area contributed by atoms with Crippen LogP contribution in [0.2, 0.25) is 15.1 Å². The number of thioether (sulfide) groups is 1. The molecular weight excluding hydrogens is 515 g/mol. The maximum atomic E-state index is 12.7. The van der Waals surface area contributed by atoms with Gasteiger partial charge in [-0.2, -0.15) is 0 Å². The van der Waals surface area contributed by atoms with Gasteiger partial charge in [-0.25, -0.2) is 0 Å². The Morgan fingerprint density at radius 1 is 0.882 bits per heavy atom. The van der Waals surface area contributed by atoms with E-state index >= 15 is 0 Å². The van der Waals surface area contributed by atoms with Gasteiger partial charge in [-0.1, -0.05) is 83.0 Å². The van der Waals surface area contributed by atoms with E-state index in [1.807, 2.05) is 24.3 Å². The summed E-state index contributed by atoms with van der Waals surface area (Å²) in [5, 5.41) is 13.0. The molecule has 0 fully saturated rings. The number of nitrogens with one attached hydrogen (secondary N) is 1. The van der Waals surface area contributed by atoms with E-state index in [-0.39, 0.29) is 28.7 Å². The molecule has 0 aliphatic heterocycles. The Morgan fingerprint density at radius 3 is 2.41 bits per heavy atom. The average Bonchev–Trinajstić information content (AvgIpc) is 3.25. The summed E-state index contributed by atoms with van der Waals surface area (Å²) in [5.41, 5.74) is 1.58. The van der Waals surface area contributed by atoms with Crippen LogP contribution in [0.15, 0.2) is 78.0 Å². The number of carbonyl (C=O) groups excluding carboxylic acids is 2. The van der Waals surface area contributed by atoms with Crippen molar-refractivity contribution in [2.24, 2.45) is 0 Å². The van der Waals surface area contributed by atoms with E-state index in [1.165, 1.54) is 17.8 Å². The van der Waals surface area contributed by atoms with Crippen molar-refractivity contribution in [2.45, 2.75) is 11.7 Å². The molecule has 1 amide bonds. The minimum Gasteiger partial charge on any atom is -0.345 e. The zero-order valence-electron chi connectivity index (χ0n) is 17.5. The number of hydrogen-bond acceptors (Lipinski definition) is 5. The van der Waals surface area contributed by atoms with Crippen LogP contribution in [0.5, 0.6) is 0 Å². The highest BCUT2D eigenvalue weighted by atomic mass is 35.5. The van der Waals surface area contributed by atoms with E-state index in [0.29, 0.717) is 32.3 Å². The Morgan fingerprint density at radius 2 is 1.65 bits per heavy atom. The van der Waals surface area contributed by atoms with Gasteiger partial charge < -0.3 is 5.32 Å². The zero-order valence-corrected chi connectivity index (χ0v) is 20.6. The van der Waals surface area contributed by atoms with Gasteiger partial charge in [0.2, 0.25) is 0 Å². The molecule has 34 heavy (non-hydrogen) atoms. The number of ketones is 1. The fourth-order valence-electron chi connectivity index (χ4n) is 3.15. The first-order chi connectivity index (χ1) is 16.4. The smallest absolute Gasteiger partial charge is 0.253 e. The first kappa shape index (κ1) is 24.3. The van der Waals surface area contributed by atoms with Gasteiger partial charge in [0.25, 0.3) is 5.91 Å². The number of nitrogens with zero attached hydrogens (tertiary/aromatic N) is 3. The molecule has 4 rings (SSSR count). The molecule has 0 bridgehead atoms. The molecule has 0 aliphatic rings. The quantitative estimate of drug-likeness (QED) is 0.218. The third-order valence-corrected chi connectivity index (χ3v) is 6.50. The second-order valence-electron chi connectivity index (χ2n) is 7.10. The molecule has 0 atom stereocenters. The summed E-state index contributed by atoms with van der Waals surface area (Å²) in [5.74, 6) is 0.203. The van der Waals surface area contributed by atoms with E-state index in [1.54, 1.807) is 47.0 Å². The highest BCUT2D eigenvalue weighted by Gasteiger charge is 2.18. The van der Waals surface area contributed by atoms with Gasteiger partial charge in [-0.15, -0.1) is 10.2 Å². The lowest BCUT2D eigenvalue weighted by Crippen LogP contribution is -2.25. The second-order valence-corrected chi connectivity index (χ2v) is 9.32. The second kappa shape index (κ2) is 11.1. The van der Waals surface area contributed by atoms with Crippen LogP contribution < -0.4 is 5.32 Å². The van der Waals surface area contributed by atoms with Gasteiger partial charge in [0.1, 0.15) is 0 Å². The Kier molecular flexibility index (Phi) is 7.90. The van der Waals surface area contributed by atoms with Crippen LogP contribution in [0, 0.1) is 0 Å². The molecule has 10 heteroatoms. The fraction of sp³-hybridized carbons (Fsp3) is 0.0833. The Hall–Kier alpha value is -2.84. The minimum atomic E-state index is -0.401. The third-order valence-electron chi connectivity index (χ3n) is 4.77. The number of amides is 1. The standard InChI is InChI=1S/C24H17Cl3N4O2S/c25-16-7-4-8-18(11-16)31-22(13-28-23(33)19-12-17(26)9-10-20(19)27)29-30-24(31)34-14-21(32)15-5-2-1-3-6-15/h1-12H,13-14H2,(H,28,33). The van der Waals surface area contributed by atoms with Gasteiger partial charge in [-0.3, -0.25) is 14.2 Å². The van der Waals surface area contributed by atoms with Gasteiger partial charge in [0.15, 0.2) is 16.8 Å². The van der Waals surface area contributed by atoms with E-state index in [0.717, 1.165) is 0 Å². The summed E-state index contributed by atoms with van der Waals surface area (Å²) < 4.78 is 1.76. The lowest BCUT2D eigenvalue weighted by molar-refractivity contribution is 0.0949. The number of carbonyl (C=O) groups is 2. The molecule has 172 valence electrons. The number of Topliss-reactive ketones (excluding diaryl/α,β-unsaturated/α-hetero) is 1. The Labute approximate surface area is 215 Å². The molecule has 1 aromatic heterocycles. The number of hydrogen-bond donors (Lipinski definition) is 1. The van der Waals surface area contributed by atoms with Crippen LogP contribution in [0.3, 0.4) is 0 Å². The van der Waals surface area contributed by atoms with Crippen molar-refractivity contribution in [2.75, 3.05) is 5.75 Å². The molecule has 1 N–H and O–H groups in total. The summed E-state index contributed by atoms with van der Waals surface area (Å²) >= 11 is 19.6. The normalized spacial score (nSPS) is 10.8. The van der Waals surface area contributed by atoms with Crippen LogP contribution in [-0.4, -0.2) is 32.2 Å². The largest absolute Gasteiger partial charge is 0.345 e. The highest BCUT2D eigenvalue weighted by molar-refractivity contribution is 7.99. The van der Waals surface area contributed by atoms with Crippen molar-refractivity contribution in [3.63, 3.8) is 0 Å². The zero-order chi connectivity index (χ0) is 24.1. The maximum absolute atomic E-state index is 12.7. The van der Waals surface area contributed by atoms with E-state index in [2.05, 4.69) is 15.5 Å². The van der Waals surface area contributed by atoms with Gasteiger partial charge in [-0.05, 0) is 36.4 Å². The fourth-order valence-corrected chi connectivity index (χ4v) is 4.57. The van der Waals surface area contributed by atoms with E-state index < -0.39 is 5.91 Å². The Bertz CT molecular complexity index is 1350. The van der Waals surface area contributed by atoms with E-state index in [9.17, 15) is 9.59 Å². The van der Waals surface area contributed by atoms with Gasteiger partial charge >= 0.3 is 0 Å². The summed E-state index contributed by atoms with van der Waals surface area (Å²) in [7, 11) is 0. The number of aromatic nitrogens is 3. The first-order valence-electron chi connectivity index (χ1n) is 10.1. The molecule has 3 aromatic carbocycles. The summed E-state index contributed by atoms with van der Waals surface area (Å²) in [4.78, 5) is 25.3. The molecule has 0 radical (unpaired) electrons. The summed E-state index contributed by atoms with van der Waals surface area (Å²) in [6.07, 6.45) is 0. The third kappa shape index (κ3) is 5.80. The number of benzene rings is 3. The molecule has 0 aliphatic carbocycles. The first-order valence-corrected chi connectivity index (χ1v) is 12.2. The Balaban J connectivity index is 1.57. The lowest BCUT2D eigenvalue weighted by Gasteiger charge is -2.12. The van der Waals surface area contributed by atoms with Crippen molar-refractivity contribution in [3.05, 3.63) is 105 Å². The highest BCUT2D eigenvalue weighted by Crippen LogP contribution is 2.25. The summed E-state index contributed by atoms with van der Waals surface area (Å²) in [6.45, 7) is 0.0639. The topological polar surface area (TPSA) is 76.9 Å². The van der Waals surface area contributed by atoms with E-state index in [4.69, 9.17) is 34.8 Å². The van der Waals surface area contributed by atoms with Crippen LogP contribution >= 0.6 is 46.6 Å². The van der Waals surface area contributed by atoms with Crippen molar-refractivity contribution < 1.29 is 9.59 Å². The monoisotopic (exact) mass is 530 g/mol. The van der Waals surface area contributed by atoms with Crippen LogP contribution in [0.4, 0.5) is 0 Å². The molecule has 0 spiro atoms. The van der Waals surface area contributed by atoms with Crippen LogP contribution in [0.1, 0.15) is 26.5 Å². The minimum absolute atomic E-state index is 0.0308. The molecule has 0 saturated heterocycles. The number of halogens is 3. The molecular formula is C24H17Cl3N4O2S. The molecule has 4 aromatic rings. The molecule has 1 heterocycles. The predicted octanol–water partition coefficient (Wildman–Crippen LogP) is 6.13. The van der Waals surface area contributed by atoms with Crippen LogP contribution in [-0.2, 0) is 6.54 Å². The van der Waals surface area contributed by atoms with Crippen molar-refractivity contribution in [1.29, 1.82) is 0 Å². The van der Waals surface area contributed by atoms with Gasteiger partial charge in [0.05, 0.1) is 28.6 Å². The van der Waals surface area contributed by atoms with Crippen molar-refractivity contribution in [1.82, 2.24) is 20.1 Å². The summed E-state index contributed by atoms with van der Waals surface area (Å²) in [6, 6.07) is 20.9. The average molecular weight is 532 g/mol.